The lowest BCUT2D eigenvalue weighted by Gasteiger charge is -2.23. The first-order chi connectivity index (χ1) is 37.7. The fraction of sp³-hybridized carbons (Fsp3) is 0.213. The second kappa shape index (κ2) is 28.1. The molecule has 0 aliphatic rings. The number of nitrogens with zero attached hydrogens (tertiary/aromatic N) is 3. The van der Waals surface area contributed by atoms with Gasteiger partial charge in [-0.1, -0.05) is 95.1 Å². The van der Waals surface area contributed by atoms with Crippen LogP contribution >= 0.6 is 22.6 Å². The van der Waals surface area contributed by atoms with E-state index in [2.05, 4.69) is 52.5 Å². The van der Waals surface area contributed by atoms with Crippen LogP contribution < -0.4 is 0 Å². The fourth-order valence-corrected chi connectivity index (χ4v) is 7.56. The summed E-state index contributed by atoms with van der Waals surface area (Å²) in [5.41, 5.74) is 5.28. The van der Waals surface area contributed by atoms with E-state index in [0.29, 0.717) is 50.1 Å². The maximum atomic E-state index is 12.5. The maximum absolute atomic E-state index is 12.5. The molecule has 1 atom stereocenters. The van der Waals surface area contributed by atoms with Crippen LogP contribution in [0.2, 0.25) is 0 Å². The first-order valence-electron chi connectivity index (χ1n) is 24.5. The molecule has 0 radical (unpaired) electrons. The summed E-state index contributed by atoms with van der Waals surface area (Å²) in [7, 11) is 0. The highest BCUT2D eigenvalue weighted by Gasteiger charge is 2.25. The lowest BCUT2D eigenvalue weighted by atomic mass is 9.84. The molecule has 0 aliphatic heterocycles. The Morgan fingerprint density at radius 1 is 0.562 bits per heavy atom. The van der Waals surface area contributed by atoms with Crippen molar-refractivity contribution in [3.05, 3.63) is 206 Å². The molecule has 1 heterocycles. The molecule has 5 N–H and O–H groups in total. The number of carbonyl (C=O) groups excluding carboxylic acids is 6. The van der Waals surface area contributed by atoms with Gasteiger partial charge in [0, 0.05) is 31.4 Å². The SMILES string of the molecule is C=C(C)C(=O)OCC(O)COC(=O)Cc1cc(-n2nc3ccc(I)cc3n2)c(O)c(C(C)(C)C)c1.C=C(C)C(=O)OCc1ccc(O)c(C(=O)c2ccccc2O)c1.C=C(C)C(=O)OCc1cccc(C(=O)c2ccccc2O)c1. The zero-order chi connectivity index (χ0) is 59.0. The summed E-state index contributed by atoms with van der Waals surface area (Å²) in [6.07, 6.45) is -1.26. The van der Waals surface area contributed by atoms with Crippen molar-refractivity contribution < 1.29 is 73.2 Å². The van der Waals surface area contributed by atoms with Crippen molar-refractivity contribution in [3.8, 4) is 28.7 Å². The topological polar surface area (TPSA) is 271 Å². The van der Waals surface area contributed by atoms with Gasteiger partial charge in [-0.25, -0.2) is 14.4 Å². The van der Waals surface area contributed by atoms with Crippen LogP contribution in [0.3, 0.4) is 0 Å². The Labute approximate surface area is 475 Å². The van der Waals surface area contributed by atoms with Crippen molar-refractivity contribution in [2.45, 2.75) is 72.7 Å². The Bertz CT molecular complexity index is 3500. The summed E-state index contributed by atoms with van der Waals surface area (Å²) >= 11 is 2.19. The molecule has 416 valence electrons. The number of esters is 4. The molecule has 0 spiro atoms. The number of ketones is 2. The number of hydrogen-bond acceptors (Lipinski definition) is 17. The molecular formula is C61H60IN3O15. The Morgan fingerprint density at radius 3 is 1.66 bits per heavy atom. The molecule has 0 aliphatic carbocycles. The third-order valence-corrected chi connectivity index (χ3v) is 12.0. The van der Waals surface area contributed by atoms with E-state index in [9.17, 15) is 54.3 Å². The van der Waals surface area contributed by atoms with Gasteiger partial charge >= 0.3 is 23.9 Å². The number of hydrogen-bond donors (Lipinski definition) is 5. The number of rotatable bonds is 18. The van der Waals surface area contributed by atoms with Gasteiger partial charge in [-0.05, 0) is 132 Å². The Hall–Kier alpha value is -8.95. The molecule has 0 saturated heterocycles. The number of benzene rings is 6. The summed E-state index contributed by atoms with van der Waals surface area (Å²) in [5, 5.41) is 59.3. The van der Waals surface area contributed by atoms with Crippen molar-refractivity contribution in [2.24, 2.45) is 0 Å². The van der Waals surface area contributed by atoms with E-state index in [1.54, 1.807) is 79.7 Å². The van der Waals surface area contributed by atoms with E-state index >= 15 is 0 Å². The quantitative estimate of drug-likeness (QED) is 0.0176. The summed E-state index contributed by atoms with van der Waals surface area (Å²) in [5.74, 6) is -3.45. The van der Waals surface area contributed by atoms with Crippen molar-refractivity contribution in [1.82, 2.24) is 15.0 Å². The third-order valence-electron chi connectivity index (χ3n) is 11.3. The Balaban J connectivity index is 0.000000230. The molecule has 1 unspecified atom stereocenters. The maximum Gasteiger partial charge on any atom is 0.333 e. The van der Waals surface area contributed by atoms with Crippen LogP contribution in [0.5, 0.6) is 23.0 Å². The number of halogens is 1. The van der Waals surface area contributed by atoms with E-state index in [0.717, 1.165) is 3.57 Å². The van der Waals surface area contributed by atoms with Gasteiger partial charge in [-0.3, -0.25) is 14.4 Å². The lowest BCUT2D eigenvalue weighted by Crippen LogP contribution is -2.26. The van der Waals surface area contributed by atoms with Gasteiger partial charge in [0.2, 0.25) is 0 Å². The number of carbonyl (C=O) groups is 6. The predicted octanol–water partition coefficient (Wildman–Crippen LogP) is 9.78. The minimum absolute atomic E-state index is 0.0235. The van der Waals surface area contributed by atoms with Gasteiger partial charge in [-0.15, -0.1) is 15.0 Å². The second-order valence-electron chi connectivity index (χ2n) is 19.2. The largest absolute Gasteiger partial charge is 0.507 e. The minimum Gasteiger partial charge on any atom is -0.507 e. The number of aromatic nitrogens is 3. The zero-order valence-electron chi connectivity index (χ0n) is 44.8. The number of aliphatic hydroxyl groups is 1. The highest BCUT2D eigenvalue weighted by Crippen LogP contribution is 2.37. The van der Waals surface area contributed by atoms with Crippen molar-refractivity contribution >= 4 is 69.1 Å². The van der Waals surface area contributed by atoms with Gasteiger partial charge in [-0.2, -0.15) is 0 Å². The van der Waals surface area contributed by atoms with E-state index in [1.807, 2.05) is 39.0 Å². The Morgan fingerprint density at radius 2 is 1.09 bits per heavy atom. The van der Waals surface area contributed by atoms with Crippen LogP contribution in [-0.2, 0) is 63.2 Å². The molecule has 7 aromatic rings. The summed E-state index contributed by atoms with van der Waals surface area (Å²) in [6.45, 7) is 20.3. The molecule has 0 bridgehead atoms. The van der Waals surface area contributed by atoms with Crippen molar-refractivity contribution in [1.29, 1.82) is 0 Å². The molecule has 0 saturated carbocycles. The smallest absolute Gasteiger partial charge is 0.333 e. The number of aliphatic hydroxyl groups excluding tert-OH is 1. The Kier molecular flexibility index (Phi) is 21.7. The first-order valence-corrected chi connectivity index (χ1v) is 25.6. The van der Waals surface area contributed by atoms with Crippen molar-refractivity contribution in [3.63, 3.8) is 0 Å². The van der Waals surface area contributed by atoms with Crippen LogP contribution in [0, 0.1) is 3.57 Å². The van der Waals surface area contributed by atoms with Gasteiger partial charge in [0.25, 0.3) is 0 Å². The number of phenols is 4. The van der Waals surface area contributed by atoms with Crippen molar-refractivity contribution in [2.75, 3.05) is 13.2 Å². The van der Waals surface area contributed by atoms with E-state index < -0.39 is 41.2 Å². The fourth-order valence-electron chi connectivity index (χ4n) is 7.08. The second-order valence-corrected chi connectivity index (χ2v) is 20.5. The minimum atomic E-state index is -1.16. The van der Waals surface area contributed by atoms with Crippen LogP contribution in [0.1, 0.15) is 95.6 Å². The predicted molar refractivity (Wildman–Crippen MR) is 305 cm³/mol. The zero-order valence-corrected chi connectivity index (χ0v) is 47.0. The van der Waals surface area contributed by atoms with Gasteiger partial charge in [0.1, 0.15) is 72.3 Å². The number of phenolic OH excluding ortho intramolecular Hbond substituents is 4. The number of aromatic hydroxyl groups is 4. The monoisotopic (exact) mass is 1200 g/mol. The third kappa shape index (κ3) is 17.5. The van der Waals surface area contributed by atoms with Gasteiger partial charge < -0.3 is 44.5 Å². The molecule has 1 aromatic heterocycles. The standard InChI is InChI=1S/C25H28IN3O6.C18H16O5.C18H16O4/c1-14(2)24(33)35-13-17(30)12-34-22(31)10-15-8-18(25(3,4)5)23(32)21(9-15)29-27-19-7-6-16(26)11-20(19)28-29;1-11(2)18(22)23-10-12-7-8-16(20)14(9-12)17(21)13-5-3-4-6-15(13)19;1-12(2)18(21)22-11-13-6-5-7-14(10-13)17(20)15-8-3-4-9-16(15)19/h6-9,11,17,30,32H,1,10,12-13H2,2-5H3;3-9,19-20H,1,10H2,2H3;3-10,19H,1,11H2,2H3. The molecule has 0 amide bonds. The molecule has 6 aromatic carbocycles. The van der Waals surface area contributed by atoms with Crippen LogP contribution in [-0.4, -0.2) is 95.3 Å². The highest BCUT2D eigenvalue weighted by molar-refractivity contribution is 14.1. The van der Waals surface area contributed by atoms with E-state index in [-0.39, 0.29) is 89.5 Å². The molecule has 80 heavy (non-hydrogen) atoms. The van der Waals surface area contributed by atoms with Crippen LogP contribution in [0.4, 0.5) is 0 Å². The lowest BCUT2D eigenvalue weighted by molar-refractivity contribution is -0.150. The molecule has 0 fully saturated rings. The van der Waals surface area contributed by atoms with Gasteiger partial charge in [0.05, 0.1) is 23.1 Å². The van der Waals surface area contributed by atoms with E-state index in [4.69, 9.17) is 18.9 Å². The van der Waals surface area contributed by atoms with Crippen LogP contribution in [0.15, 0.2) is 158 Å². The summed E-state index contributed by atoms with van der Waals surface area (Å²) in [6, 6.07) is 32.5. The highest BCUT2D eigenvalue weighted by atomic mass is 127. The average Bonchev–Trinajstić information content (AvgIpc) is 3.85. The average molecular weight is 1200 g/mol. The molecule has 7 rings (SSSR count). The van der Waals surface area contributed by atoms with Crippen LogP contribution in [0.25, 0.3) is 16.7 Å². The van der Waals surface area contributed by atoms with Gasteiger partial charge in [0.15, 0.2) is 11.6 Å². The van der Waals surface area contributed by atoms with E-state index in [1.165, 1.54) is 49.0 Å². The molecule has 18 nitrogen and oxygen atoms in total. The molecular weight excluding hydrogens is 1140 g/mol. The number of fused-ring (bicyclic) bond motifs is 1. The molecule has 19 heteroatoms. The normalized spacial score (nSPS) is 11.1. The number of ether oxygens (including phenoxy) is 4. The first kappa shape index (κ1) is 61.9. The summed E-state index contributed by atoms with van der Waals surface area (Å²) in [4.78, 5) is 72.9. The number of para-hydroxylation sites is 2. The summed E-state index contributed by atoms with van der Waals surface area (Å²) < 4.78 is 21.1.